The maximum atomic E-state index is 11.4. The van der Waals surface area contributed by atoms with Gasteiger partial charge >= 0.3 is 8.80 Å². The smallest absolute Gasteiger partial charge is 0.455 e. The lowest BCUT2D eigenvalue weighted by atomic mass is 10.0. The fraction of sp³-hybridized carbons (Fsp3) is 0.769. The van der Waals surface area contributed by atoms with Crippen molar-refractivity contribution in [1.29, 1.82) is 0 Å². The van der Waals surface area contributed by atoms with Crippen molar-refractivity contribution in [2.24, 2.45) is 11.8 Å². The molecule has 0 aliphatic heterocycles. The second kappa shape index (κ2) is 5.55. The van der Waals surface area contributed by atoms with E-state index >= 15 is 0 Å². The van der Waals surface area contributed by atoms with Crippen LogP contribution in [0.2, 0.25) is 5.54 Å². The molecule has 0 aromatic carbocycles. The lowest BCUT2D eigenvalue weighted by molar-refractivity contribution is -0.148. The van der Waals surface area contributed by atoms with Gasteiger partial charge in [-0.05, 0) is 31.1 Å². The summed E-state index contributed by atoms with van der Waals surface area (Å²) in [7, 11) is -3.65. The van der Waals surface area contributed by atoms with E-state index in [4.69, 9.17) is 13.3 Å². The molecule has 2 rings (SSSR count). The zero-order valence-corrected chi connectivity index (χ0v) is 13.0. The van der Waals surface area contributed by atoms with Crippen LogP contribution in [0.5, 0.6) is 0 Å². The van der Waals surface area contributed by atoms with E-state index in [2.05, 4.69) is 0 Å². The van der Waals surface area contributed by atoms with Gasteiger partial charge in [0.15, 0.2) is 0 Å². The van der Waals surface area contributed by atoms with Crippen LogP contribution in [0.15, 0.2) is 0 Å². The number of carbonyl (C=O) groups is 3. The van der Waals surface area contributed by atoms with Crippen molar-refractivity contribution in [3.05, 3.63) is 0 Å². The molecule has 0 aromatic heterocycles. The van der Waals surface area contributed by atoms with E-state index < -0.39 is 26.7 Å². The van der Waals surface area contributed by atoms with Gasteiger partial charge in [-0.25, -0.2) is 0 Å². The van der Waals surface area contributed by atoms with Crippen LogP contribution >= 0.6 is 0 Å². The Morgan fingerprint density at radius 1 is 0.850 bits per heavy atom. The van der Waals surface area contributed by atoms with E-state index in [0.29, 0.717) is 11.8 Å². The van der Waals surface area contributed by atoms with Gasteiger partial charge in [-0.1, -0.05) is 6.42 Å². The quantitative estimate of drug-likeness (QED) is 0.737. The highest BCUT2D eigenvalue weighted by molar-refractivity contribution is 6.67. The predicted octanol–water partition coefficient (Wildman–Crippen LogP) is 1.80. The van der Waals surface area contributed by atoms with Crippen LogP contribution in [0.3, 0.4) is 0 Å². The van der Waals surface area contributed by atoms with Crippen molar-refractivity contribution >= 4 is 26.7 Å². The third-order valence-corrected chi connectivity index (χ3v) is 7.38. The Balaban J connectivity index is 2.30. The monoisotopic (exact) mass is 300 g/mol. The van der Waals surface area contributed by atoms with E-state index in [9.17, 15) is 14.4 Å². The summed E-state index contributed by atoms with van der Waals surface area (Å²) < 4.78 is 15.9. The average Bonchev–Trinajstić information content (AvgIpc) is 2.87. The summed E-state index contributed by atoms with van der Waals surface area (Å²) >= 11 is 0. The minimum absolute atomic E-state index is 0.141. The van der Waals surface area contributed by atoms with Gasteiger partial charge in [-0.15, -0.1) is 0 Å². The first kappa shape index (κ1) is 15.0. The molecule has 0 aromatic rings. The van der Waals surface area contributed by atoms with Crippen molar-refractivity contribution in [2.75, 3.05) is 0 Å². The first-order chi connectivity index (χ1) is 9.32. The third kappa shape index (κ3) is 3.03. The first-order valence-corrected chi connectivity index (χ1v) is 8.71. The molecule has 2 saturated carbocycles. The van der Waals surface area contributed by atoms with Crippen molar-refractivity contribution in [3.8, 4) is 0 Å². The van der Waals surface area contributed by atoms with Gasteiger partial charge in [0.05, 0.1) is 5.54 Å². The Bertz CT molecular complexity index is 394. The van der Waals surface area contributed by atoms with Crippen LogP contribution in [0, 0.1) is 11.8 Å². The van der Waals surface area contributed by atoms with E-state index in [1.54, 1.807) is 0 Å². The minimum atomic E-state index is -3.65. The SMILES string of the molecule is CC(=O)O[Si](OC(C)=O)(OC(C)=O)C1CC2CCC1C2. The van der Waals surface area contributed by atoms with Crippen LogP contribution in [-0.4, -0.2) is 26.7 Å². The maximum Gasteiger partial charge on any atom is 0.708 e. The summed E-state index contributed by atoms with van der Waals surface area (Å²) in [6.45, 7) is 3.71. The number of hydrogen-bond donors (Lipinski definition) is 0. The van der Waals surface area contributed by atoms with Gasteiger partial charge < -0.3 is 13.3 Å². The van der Waals surface area contributed by atoms with Gasteiger partial charge in [0.25, 0.3) is 17.9 Å². The number of rotatable bonds is 4. The average molecular weight is 300 g/mol. The molecule has 0 amide bonds. The summed E-state index contributed by atoms with van der Waals surface area (Å²) in [4.78, 5) is 34.2. The summed E-state index contributed by atoms with van der Waals surface area (Å²) in [6, 6.07) is 0. The lowest BCUT2D eigenvalue weighted by Crippen LogP contribution is -2.54. The third-order valence-electron chi connectivity index (χ3n) is 4.05. The first-order valence-electron chi connectivity index (χ1n) is 6.91. The fourth-order valence-corrected chi connectivity index (χ4v) is 6.85. The Hall–Kier alpha value is -1.37. The zero-order chi connectivity index (χ0) is 14.9. The Labute approximate surface area is 119 Å². The van der Waals surface area contributed by atoms with Gasteiger partial charge in [-0.2, -0.15) is 0 Å². The molecular formula is C13H20O6Si. The zero-order valence-electron chi connectivity index (χ0n) is 12.0. The molecule has 0 heterocycles. The van der Waals surface area contributed by atoms with E-state index in [1.807, 2.05) is 0 Å². The van der Waals surface area contributed by atoms with E-state index in [1.165, 1.54) is 20.8 Å². The second-order valence-corrected chi connectivity index (χ2v) is 8.23. The summed E-state index contributed by atoms with van der Waals surface area (Å²) in [6.07, 6.45) is 3.98. The summed E-state index contributed by atoms with van der Waals surface area (Å²) in [5, 5.41) is 0. The Kier molecular flexibility index (Phi) is 4.17. The van der Waals surface area contributed by atoms with Crippen LogP contribution in [0.4, 0.5) is 0 Å². The number of hydrogen-bond acceptors (Lipinski definition) is 6. The Morgan fingerprint density at radius 2 is 1.35 bits per heavy atom. The Morgan fingerprint density at radius 3 is 1.65 bits per heavy atom. The van der Waals surface area contributed by atoms with Crippen LogP contribution in [0.25, 0.3) is 0 Å². The molecule has 7 heteroatoms. The van der Waals surface area contributed by atoms with E-state index in [0.717, 1.165) is 25.7 Å². The fourth-order valence-electron chi connectivity index (χ4n) is 3.57. The minimum Gasteiger partial charge on any atom is -0.455 e. The highest BCUT2D eigenvalue weighted by atomic mass is 28.4. The predicted molar refractivity (Wildman–Crippen MR) is 70.3 cm³/mol. The molecule has 112 valence electrons. The van der Waals surface area contributed by atoms with Crippen LogP contribution in [-0.2, 0) is 27.7 Å². The summed E-state index contributed by atoms with van der Waals surface area (Å²) in [5.41, 5.74) is -0.141. The maximum absolute atomic E-state index is 11.4. The second-order valence-electron chi connectivity index (χ2n) is 5.67. The van der Waals surface area contributed by atoms with Crippen molar-refractivity contribution in [3.63, 3.8) is 0 Å². The standard InChI is InChI=1S/C13H20O6Si/c1-8(14)17-20(18-9(2)15,19-10(3)16)13-7-11-4-5-12(13)6-11/h11-13H,4-7H2,1-3H3. The number of fused-ring (bicyclic) bond motifs is 2. The molecule has 3 atom stereocenters. The van der Waals surface area contributed by atoms with Gasteiger partial charge in [0, 0.05) is 20.8 Å². The molecule has 2 fully saturated rings. The molecule has 2 bridgehead atoms. The van der Waals surface area contributed by atoms with Crippen molar-refractivity contribution in [2.45, 2.75) is 52.0 Å². The molecule has 6 nitrogen and oxygen atoms in total. The van der Waals surface area contributed by atoms with Crippen LogP contribution < -0.4 is 0 Å². The van der Waals surface area contributed by atoms with Gasteiger partial charge in [-0.3, -0.25) is 14.4 Å². The topological polar surface area (TPSA) is 78.9 Å². The molecule has 0 radical (unpaired) electrons. The summed E-state index contributed by atoms with van der Waals surface area (Å²) in [5.74, 6) is -0.880. The highest BCUT2D eigenvalue weighted by Gasteiger charge is 2.65. The number of carbonyl (C=O) groups excluding carboxylic acids is 3. The molecule has 0 saturated heterocycles. The molecule has 0 spiro atoms. The molecule has 3 unspecified atom stereocenters. The van der Waals surface area contributed by atoms with Gasteiger partial charge in [0.2, 0.25) is 0 Å². The van der Waals surface area contributed by atoms with Gasteiger partial charge in [0.1, 0.15) is 0 Å². The largest absolute Gasteiger partial charge is 0.708 e. The highest BCUT2D eigenvalue weighted by Crippen LogP contribution is 2.56. The molecule has 20 heavy (non-hydrogen) atoms. The van der Waals surface area contributed by atoms with Crippen LogP contribution in [0.1, 0.15) is 46.5 Å². The molecule has 0 N–H and O–H groups in total. The molecule has 2 aliphatic carbocycles. The van der Waals surface area contributed by atoms with Crippen molar-refractivity contribution in [1.82, 2.24) is 0 Å². The van der Waals surface area contributed by atoms with E-state index in [-0.39, 0.29) is 5.54 Å². The van der Waals surface area contributed by atoms with Crippen molar-refractivity contribution < 1.29 is 27.7 Å². The molecule has 2 aliphatic rings. The molecular weight excluding hydrogens is 280 g/mol. The normalized spacial score (nSPS) is 28.1. The lowest BCUT2D eigenvalue weighted by Gasteiger charge is -2.34.